The van der Waals surface area contributed by atoms with Gasteiger partial charge >= 0.3 is 0 Å². The second kappa shape index (κ2) is 37.9. The maximum Gasteiger partial charge on any atom is 0.224 e. The number of carbonyl (C=O) groups excluding carboxylic acids is 3. The van der Waals surface area contributed by atoms with Crippen LogP contribution in [0.15, 0.2) is 0 Å². The average molecular weight is 965 g/mol. The third-order valence-electron chi connectivity index (χ3n) is 13.6. The predicted molar refractivity (Wildman–Crippen MR) is 287 cm³/mol. The molecule has 1 unspecified atom stereocenters. The monoisotopic (exact) mass is 964 g/mol. The van der Waals surface area contributed by atoms with Gasteiger partial charge < -0.3 is 45.4 Å². The first-order valence-corrected chi connectivity index (χ1v) is 28.2. The highest BCUT2D eigenvalue weighted by Gasteiger charge is 2.25. The molecule has 1 atom stereocenters. The van der Waals surface area contributed by atoms with Gasteiger partial charge in [-0.15, -0.1) is 0 Å². The molecule has 6 fully saturated rings. The highest BCUT2D eigenvalue weighted by atomic mass is 16.5. The molecule has 6 aliphatic rings. The van der Waals surface area contributed by atoms with Crippen molar-refractivity contribution in [3.05, 3.63) is 0 Å². The van der Waals surface area contributed by atoms with E-state index in [-0.39, 0.29) is 35.6 Å². The Morgan fingerprint density at radius 3 is 1.16 bits per heavy atom. The van der Waals surface area contributed by atoms with Crippen molar-refractivity contribution in [3.8, 4) is 0 Å². The van der Waals surface area contributed by atoms with Gasteiger partial charge in [-0.3, -0.25) is 14.4 Å². The van der Waals surface area contributed by atoms with E-state index in [1.165, 1.54) is 148 Å². The van der Waals surface area contributed by atoms with E-state index < -0.39 is 0 Å². The summed E-state index contributed by atoms with van der Waals surface area (Å²) in [6, 6.07) is 3.41. The summed E-state index contributed by atoms with van der Waals surface area (Å²) in [5.74, 6) is 0.483. The van der Waals surface area contributed by atoms with Crippen molar-refractivity contribution in [2.75, 3.05) is 53.9 Å². The summed E-state index contributed by atoms with van der Waals surface area (Å²) in [4.78, 5) is 40.5. The molecule has 0 spiro atoms. The first kappa shape index (κ1) is 64.2. The lowest BCUT2D eigenvalue weighted by Crippen LogP contribution is -2.47. The number of piperidine rings is 3. The standard InChI is InChI=1S/C10H18N2O2.C10H19NO.C9H20N2.C9H19NO.C9H19N.C9H18O/c1-7(2)10(14)11-8-4-5-12(3)9(13)6-8;1-8(2)10(12)11-9-6-4-3-5-7-9;1-8(2)10-9-4-6-11(3)7-5-9;1-8(2)11-9-4-6-10(3)7-5-9;2*1-8(2)10-9-6-4-3-5-7-9/h7-8H,4-6H2,1-3H3,(H,11,14);8-9H,3-7H2,1-2H3,(H,11,12);8-10H,4-7H2,1-3H3;8-9H,4-7H2,1-3H3;8-10H,3-7H2,1-2H3;8-9H,3-7H2,1-2H3. The van der Waals surface area contributed by atoms with Gasteiger partial charge in [0.25, 0.3) is 0 Å². The molecular weight excluding hydrogens is 851 g/mol. The van der Waals surface area contributed by atoms with E-state index in [0.29, 0.717) is 49.0 Å². The predicted octanol–water partition coefficient (Wildman–Crippen LogP) is 10.1. The molecule has 3 heterocycles. The molecular formula is C56H113N7O5. The van der Waals surface area contributed by atoms with Gasteiger partial charge in [0.05, 0.1) is 24.4 Å². The quantitative estimate of drug-likeness (QED) is 0.151. The summed E-state index contributed by atoms with van der Waals surface area (Å²) in [6.07, 6.45) is 28.4. The first-order valence-electron chi connectivity index (χ1n) is 28.2. The Morgan fingerprint density at radius 2 is 0.779 bits per heavy atom. The lowest BCUT2D eigenvalue weighted by molar-refractivity contribution is -0.133. The topological polar surface area (TPSA) is 128 Å². The van der Waals surface area contributed by atoms with Crippen molar-refractivity contribution in [1.29, 1.82) is 0 Å². The van der Waals surface area contributed by atoms with E-state index in [9.17, 15) is 14.4 Å². The van der Waals surface area contributed by atoms with Gasteiger partial charge in [-0.05, 0) is 126 Å². The third kappa shape index (κ3) is 33.7. The molecule has 6 rings (SSSR count). The lowest BCUT2D eigenvalue weighted by atomic mass is 9.95. The maximum atomic E-state index is 11.4. The van der Waals surface area contributed by atoms with Gasteiger partial charge in [-0.25, -0.2) is 0 Å². The molecule has 4 N–H and O–H groups in total. The second-order valence-electron chi connectivity index (χ2n) is 22.9. The van der Waals surface area contributed by atoms with Gasteiger partial charge in [-0.2, -0.15) is 0 Å². The van der Waals surface area contributed by atoms with Crippen LogP contribution in [0.5, 0.6) is 0 Å². The Balaban J connectivity index is 0.000000409. The van der Waals surface area contributed by atoms with Crippen LogP contribution in [-0.2, 0) is 23.9 Å². The molecule has 68 heavy (non-hydrogen) atoms. The number of nitrogens with one attached hydrogen (secondary N) is 4. The van der Waals surface area contributed by atoms with Crippen LogP contribution >= 0.6 is 0 Å². The summed E-state index contributed by atoms with van der Waals surface area (Å²) < 4.78 is 11.4. The van der Waals surface area contributed by atoms with E-state index in [4.69, 9.17) is 9.47 Å². The van der Waals surface area contributed by atoms with Crippen molar-refractivity contribution < 1.29 is 23.9 Å². The second-order valence-corrected chi connectivity index (χ2v) is 22.9. The third-order valence-corrected chi connectivity index (χ3v) is 13.6. The number of likely N-dealkylation sites (tertiary alicyclic amines) is 3. The Kier molecular flexibility index (Phi) is 35.8. The molecule has 0 bridgehead atoms. The van der Waals surface area contributed by atoms with Crippen molar-refractivity contribution in [2.45, 2.75) is 279 Å². The van der Waals surface area contributed by atoms with Gasteiger partial charge in [0.2, 0.25) is 17.7 Å². The highest BCUT2D eigenvalue weighted by molar-refractivity contribution is 5.81. The molecule has 402 valence electrons. The van der Waals surface area contributed by atoms with Crippen LogP contribution in [0.2, 0.25) is 0 Å². The average Bonchev–Trinajstić information content (AvgIpc) is 3.28. The van der Waals surface area contributed by atoms with Crippen LogP contribution in [0, 0.1) is 11.8 Å². The lowest BCUT2D eigenvalue weighted by Gasteiger charge is -2.30. The van der Waals surface area contributed by atoms with Crippen LogP contribution in [0.1, 0.15) is 218 Å². The Hall–Kier alpha value is -1.83. The van der Waals surface area contributed by atoms with Crippen molar-refractivity contribution in [1.82, 2.24) is 36.0 Å². The van der Waals surface area contributed by atoms with E-state index in [1.54, 1.807) is 11.9 Å². The van der Waals surface area contributed by atoms with E-state index in [1.807, 2.05) is 27.7 Å². The normalized spacial score (nSPS) is 22.0. The van der Waals surface area contributed by atoms with Gasteiger partial charge in [-0.1, -0.05) is 113 Å². The molecule has 0 aromatic rings. The molecule has 0 aromatic carbocycles. The van der Waals surface area contributed by atoms with Crippen LogP contribution < -0.4 is 21.3 Å². The van der Waals surface area contributed by atoms with Crippen molar-refractivity contribution in [2.24, 2.45) is 11.8 Å². The Labute approximate surface area is 420 Å². The SMILES string of the molecule is CC(C)C(=O)NC1CCCCC1.CC(C)C(=O)NC1CCN(C)C(=O)C1.CC(C)NC1CCCCC1.CC(C)NC1CCN(C)CC1.CC(C)OC1CCCCC1.CC(C)OC1CCN(C)CC1. The first-order chi connectivity index (χ1) is 32.1. The van der Waals surface area contributed by atoms with E-state index in [0.717, 1.165) is 25.0 Å². The molecule has 3 saturated carbocycles. The van der Waals surface area contributed by atoms with E-state index >= 15 is 0 Å². The zero-order chi connectivity index (χ0) is 51.0. The number of ether oxygens (including phenoxy) is 2. The van der Waals surface area contributed by atoms with Crippen molar-refractivity contribution in [3.63, 3.8) is 0 Å². The number of hydrogen-bond donors (Lipinski definition) is 4. The minimum atomic E-state index is -0.00948. The van der Waals surface area contributed by atoms with Crippen LogP contribution in [0.4, 0.5) is 0 Å². The van der Waals surface area contributed by atoms with Crippen molar-refractivity contribution >= 4 is 17.7 Å². The summed E-state index contributed by atoms with van der Waals surface area (Å²) in [7, 11) is 6.17. The fraction of sp³-hybridized carbons (Fsp3) is 0.946. The molecule has 3 aliphatic heterocycles. The minimum Gasteiger partial charge on any atom is -0.376 e. The number of rotatable bonds is 12. The summed E-state index contributed by atoms with van der Waals surface area (Å²) in [5, 5.41) is 13.1. The number of amides is 3. The molecule has 3 amide bonds. The summed E-state index contributed by atoms with van der Waals surface area (Å²) >= 11 is 0. The number of nitrogens with zero attached hydrogens (tertiary/aromatic N) is 3. The molecule has 0 radical (unpaired) electrons. The number of carbonyl (C=O) groups is 3. The summed E-state index contributed by atoms with van der Waals surface area (Å²) in [5.41, 5.74) is 0. The van der Waals surface area contributed by atoms with Gasteiger partial charge in [0.1, 0.15) is 0 Å². The van der Waals surface area contributed by atoms with Crippen LogP contribution in [-0.4, -0.2) is 147 Å². The van der Waals surface area contributed by atoms with Crippen LogP contribution in [0.25, 0.3) is 0 Å². The molecule has 0 aromatic heterocycles. The molecule has 12 heteroatoms. The fourth-order valence-corrected chi connectivity index (χ4v) is 9.53. The number of hydrogen-bond acceptors (Lipinski definition) is 9. The highest BCUT2D eigenvalue weighted by Crippen LogP contribution is 2.22. The molecule has 3 aliphatic carbocycles. The van der Waals surface area contributed by atoms with Gasteiger partial charge in [0.15, 0.2) is 0 Å². The zero-order valence-corrected chi connectivity index (χ0v) is 47.2. The summed E-state index contributed by atoms with van der Waals surface area (Å²) in [6.45, 7) is 30.6. The van der Waals surface area contributed by atoms with Crippen LogP contribution in [0.3, 0.4) is 0 Å². The largest absolute Gasteiger partial charge is 0.376 e. The zero-order valence-electron chi connectivity index (χ0n) is 47.2. The smallest absolute Gasteiger partial charge is 0.224 e. The van der Waals surface area contributed by atoms with Gasteiger partial charge in [0, 0.05) is 81.2 Å². The fourth-order valence-electron chi connectivity index (χ4n) is 9.53. The molecule has 3 saturated heterocycles. The molecule has 12 nitrogen and oxygen atoms in total. The van der Waals surface area contributed by atoms with E-state index in [2.05, 4.69) is 101 Å². The Bertz CT molecular complexity index is 1200. The Morgan fingerprint density at radius 1 is 0.441 bits per heavy atom. The maximum absolute atomic E-state index is 11.4. The minimum absolute atomic E-state index is 0.00948.